The van der Waals surface area contributed by atoms with Crippen molar-refractivity contribution >= 4 is 5.97 Å². The number of carbonyl (C=O) groups is 1. The smallest absolute Gasteiger partial charge is 0.302 e. The highest BCUT2D eigenvalue weighted by Gasteiger charge is 2.43. The van der Waals surface area contributed by atoms with Crippen LogP contribution in [0.15, 0.2) is 34.9 Å². The molecule has 0 heterocycles. The molecule has 146 valence electrons. The molecule has 0 spiro atoms. The summed E-state index contributed by atoms with van der Waals surface area (Å²) in [5, 5.41) is 0. The van der Waals surface area contributed by atoms with Gasteiger partial charge in [-0.1, -0.05) is 62.6 Å². The van der Waals surface area contributed by atoms with Gasteiger partial charge in [0.25, 0.3) is 0 Å². The fraction of sp³-hybridized carbons (Fsp3) is 0.708. The summed E-state index contributed by atoms with van der Waals surface area (Å²) in [7, 11) is 0. The molecule has 3 rings (SSSR count). The fourth-order valence-corrected chi connectivity index (χ4v) is 5.33. The zero-order valence-corrected chi connectivity index (χ0v) is 16.3. The van der Waals surface area contributed by atoms with E-state index in [1.807, 2.05) is 0 Å². The standard InChI is InChI=1S/C23H34O2.CH4/c1-4-7-20-13-14-22-19(9-6-15-23(20,22)3)12-11-18-8-5-10-21(16-18)25-17(2)24;/h11-13,21-22H,4-10,14-16H2,1-3H3;1H4/b18-11-,19-12+;/t21-,22?,23+;/m0./s1. The number of carbonyl (C=O) groups excluding carboxylic acids is 1. The van der Waals surface area contributed by atoms with E-state index in [0.717, 1.165) is 25.7 Å². The van der Waals surface area contributed by atoms with E-state index in [9.17, 15) is 4.79 Å². The van der Waals surface area contributed by atoms with Crippen molar-refractivity contribution in [1.82, 2.24) is 0 Å². The molecule has 3 aliphatic carbocycles. The molecule has 2 heteroatoms. The lowest BCUT2D eigenvalue weighted by Crippen LogP contribution is -2.30. The molecule has 2 saturated carbocycles. The van der Waals surface area contributed by atoms with Crippen LogP contribution in [0.5, 0.6) is 0 Å². The average Bonchev–Trinajstić information content (AvgIpc) is 2.90. The highest BCUT2D eigenvalue weighted by atomic mass is 16.5. The van der Waals surface area contributed by atoms with Gasteiger partial charge in [-0.3, -0.25) is 4.79 Å². The van der Waals surface area contributed by atoms with E-state index in [4.69, 9.17) is 4.74 Å². The van der Waals surface area contributed by atoms with Crippen molar-refractivity contribution in [2.75, 3.05) is 0 Å². The van der Waals surface area contributed by atoms with Gasteiger partial charge in [0.05, 0.1) is 0 Å². The van der Waals surface area contributed by atoms with Crippen molar-refractivity contribution < 1.29 is 9.53 Å². The van der Waals surface area contributed by atoms with Gasteiger partial charge in [-0.15, -0.1) is 0 Å². The number of fused-ring (bicyclic) bond motifs is 1. The second kappa shape index (κ2) is 9.06. The largest absolute Gasteiger partial charge is 0.462 e. The molecule has 3 aliphatic rings. The van der Waals surface area contributed by atoms with Gasteiger partial charge in [-0.05, 0) is 62.7 Å². The first-order valence-corrected chi connectivity index (χ1v) is 10.3. The number of allylic oxidation sites excluding steroid dienone is 5. The van der Waals surface area contributed by atoms with Crippen LogP contribution in [0.4, 0.5) is 0 Å². The van der Waals surface area contributed by atoms with Gasteiger partial charge in [0.2, 0.25) is 0 Å². The molecule has 26 heavy (non-hydrogen) atoms. The summed E-state index contributed by atoms with van der Waals surface area (Å²) >= 11 is 0. The highest BCUT2D eigenvalue weighted by Crippen LogP contribution is 2.55. The highest BCUT2D eigenvalue weighted by molar-refractivity contribution is 5.66. The van der Waals surface area contributed by atoms with Crippen LogP contribution in [-0.2, 0) is 9.53 Å². The lowest BCUT2D eigenvalue weighted by atomic mass is 9.63. The third-order valence-corrected chi connectivity index (χ3v) is 6.61. The Morgan fingerprint density at radius 2 is 2.12 bits per heavy atom. The Bertz CT molecular complexity index is 595. The molecule has 0 bridgehead atoms. The Hall–Kier alpha value is -1.31. The molecule has 0 aromatic heterocycles. The molecule has 0 radical (unpaired) electrons. The van der Waals surface area contributed by atoms with Crippen molar-refractivity contribution in [2.45, 2.75) is 98.5 Å². The third-order valence-electron chi connectivity index (χ3n) is 6.61. The summed E-state index contributed by atoms with van der Waals surface area (Å²) in [5.74, 6) is 0.570. The number of rotatable bonds is 4. The summed E-state index contributed by atoms with van der Waals surface area (Å²) in [6.07, 6.45) is 19.3. The van der Waals surface area contributed by atoms with Crippen LogP contribution in [0.1, 0.15) is 92.4 Å². The van der Waals surface area contributed by atoms with Gasteiger partial charge in [0, 0.05) is 13.3 Å². The average molecular weight is 359 g/mol. The zero-order chi connectivity index (χ0) is 17.9. The van der Waals surface area contributed by atoms with Crippen molar-refractivity contribution in [3.05, 3.63) is 34.9 Å². The van der Waals surface area contributed by atoms with Crippen LogP contribution in [0.25, 0.3) is 0 Å². The Kier molecular flexibility index (Phi) is 7.32. The summed E-state index contributed by atoms with van der Waals surface area (Å²) in [5.41, 5.74) is 5.23. The van der Waals surface area contributed by atoms with Gasteiger partial charge in [-0.2, -0.15) is 0 Å². The molecule has 0 saturated heterocycles. The van der Waals surface area contributed by atoms with Crippen LogP contribution < -0.4 is 0 Å². The summed E-state index contributed by atoms with van der Waals surface area (Å²) < 4.78 is 5.43. The molecule has 0 N–H and O–H groups in total. The van der Waals surface area contributed by atoms with E-state index in [-0.39, 0.29) is 19.5 Å². The second-order valence-electron chi connectivity index (χ2n) is 8.43. The second-order valence-corrected chi connectivity index (χ2v) is 8.43. The van der Waals surface area contributed by atoms with Crippen LogP contribution in [0.3, 0.4) is 0 Å². The molecule has 0 aromatic rings. The molecule has 1 unspecified atom stereocenters. The van der Waals surface area contributed by atoms with Gasteiger partial charge >= 0.3 is 5.97 Å². The molecule has 0 amide bonds. The lowest BCUT2D eigenvalue weighted by molar-refractivity contribution is -0.147. The van der Waals surface area contributed by atoms with E-state index in [1.165, 1.54) is 51.0 Å². The van der Waals surface area contributed by atoms with Gasteiger partial charge in [0.1, 0.15) is 6.10 Å². The maximum absolute atomic E-state index is 11.2. The summed E-state index contributed by atoms with van der Waals surface area (Å²) in [6, 6.07) is 0. The quantitative estimate of drug-likeness (QED) is 0.403. The van der Waals surface area contributed by atoms with Crippen molar-refractivity contribution in [3.63, 3.8) is 0 Å². The molecular formula is C24H38O2. The van der Waals surface area contributed by atoms with Crippen LogP contribution >= 0.6 is 0 Å². The Labute approximate surface area is 160 Å². The number of hydrogen-bond acceptors (Lipinski definition) is 2. The number of esters is 1. The van der Waals surface area contributed by atoms with Gasteiger partial charge in [-0.25, -0.2) is 0 Å². The van der Waals surface area contributed by atoms with Crippen molar-refractivity contribution in [3.8, 4) is 0 Å². The Morgan fingerprint density at radius 1 is 1.31 bits per heavy atom. The van der Waals surface area contributed by atoms with E-state index >= 15 is 0 Å². The Balaban J connectivity index is 0.00000243. The monoisotopic (exact) mass is 358 g/mol. The molecule has 0 aliphatic heterocycles. The summed E-state index contributed by atoms with van der Waals surface area (Å²) in [4.78, 5) is 11.2. The summed E-state index contributed by atoms with van der Waals surface area (Å²) in [6.45, 7) is 6.32. The maximum atomic E-state index is 11.2. The van der Waals surface area contributed by atoms with Gasteiger partial charge in [0.15, 0.2) is 0 Å². The first-order valence-electron chi connectivity index (χ1n) is 10.3. The molecule has 2 nitrogen and oxygen atoms in total. The number of ether oxygens (including phenoxy) is 1. The predicted molar refractivity (Wildman–Crippen MR) is 110 cm³/mol. The minimum Gasteiger partial charge on any atom is -0.462 e. The fourth-order valence-electron chi connectivity index (χ4n) is 5.33. The molecule has 0 aromatic carbocycles. The predicted octanol–water partition coefficient (Wildman–Crippen LogP) is 6.92. The van der Waals surface area contributed by atoms with Gasteiger partial charge < -0.3 is 4.74 Å². The SMILES string of the molecule is C.CCCC1=CCC2/C(=C/C=C3/CCC[C@H](OC(C)=O)C3)CCC[C@]12C. The van der Waals surface area contributed by atoms with E-state index in [2.05, 4.69) is 32.1 Å². The number of hydrogen-bond donors (Lipinski definition) is 0. The molecular weight excluding hydrogens is 320 g/mol. The molecule has 2 fully saturated rings. The lowest BCUT2D eigenvalue weighted by Gasteiger charge is -2.41. The minimum atomic E-state index is -0.145. The Morgan fingerprint density at radius 3 is 2.85 bits per heavy atom. The van der Waals surface area contributed by atoms with Crippen LogP contribution in [-0.4, -0.2) is 12.1 Å². The third kappa shape index (κ3) is 4.50. The van der Waals surface area contributed by atoms with Crippen LogP contribution in [0, 0.1) is 11.3 Å². The van der Waals surface area contributed by atoms with E-state index in [1.54, 1.807) is 11.1 Å². The maximum Gasteiger partial charge on any atom is 0.302 e. The van der Waals surface area contributed by atoms with Crippen molar-refractivity contribution in [1.29, 1.82) is 0 Å². The first-order chi connectivity index (χ1) is 12.0. The molecule has 3 atom stereocenters. The first kappa shape index (κ1) is 21.0. The topological polar surface area (TPSA) is 26.3 Å². The van der Waals surface area contributed by atoms with E-state index in [0.29, 0.717) is 11.3 Å². The zero-order valence-electron chi connectivity index (χ0n) is 16.3. The van der Waals surface area contributed by atoms with Crippen LogP contribution in [0.2, 0.25) is 0 Å². The van der Waals surface area contributed by atoms with Crippen molar-refractivity contribution in [2.24, 2.45) is 11.3 Å². The van der Waals surface area contributed by atoms with E-state index < -0.39 is 0 Å². The normalized spacial score (nSPS) is 34.2. The minimum absolute atomic E-state index is 0.